The van der Waals surface area contributed by atoms with Crippen molar-refractivity contribution in [3.63, 3.8) is 0 Å². The molecule has 0 aromatic heterocycles. The molecule has 1 aromatic carbocycles. The number of aliphatic hydroxyl groups excluding tert-OH is 1. The molecule has 3 nitrogen and oxygen atoms in total. The second kappa shape index (κ2) is 4.84. The molecule has 0 aliphatic heterocycles. The molecule has 0 saturated heterocycles. The van der Waals surface area contributed by atoms with Gasteiger partial charge in [-0.25, -0.2) is 0 Å². The van der Waals surface area contributed by atoms with Crippen LogP contribution in [0.3, 0.4) is 0 Å². The van der Waals surface area contributed by atoms with E-state index in [-0.39, 0.29) is 12.6 Å². The summed E-state index contributed by atoms with van der Waals surface area (Å²) in [6.07, 6.45) is 0. The minimum Gasteiger partial charge on any atom is -0.497 e. The summed E-state index contributed by atoms with van der Waals surface area (Å²) in [6, 6.07) is 7.65. The van der Waals surface area contributed by atoms with Crippen LogP contribution in [0.4, 0.5) is 0 Å². The average Bonchev–Trinajstić information content (AvgIpc) is 2.20. The van der Waals surface area contributed by atoms with E-state index in [1.54, 1.807) is 7.11 Å². The van der Waals surface area contributed by atoms with Crippen LogP contribution in [0.1, 0.15) is 11.6 Å². The summed E-state index contributed by atoms with van der Waals surface area (Å²) in [4.78, 5) is 0. The summed E-state index contributed by atoms with van der Waals surface area (Å²) in [6.45, 7) is 0.0870. The zero-order valence-corrected chi connectivity index (χ0v) is 7.95. The van der Waals surface area contributed by atoms with E-state index in [2.05, 4.69) is 5.32 Å². The highest BCUT2D eigenvalue weighted by Crippen LogP contribution is 2.18. The van der Waals surface area contributed by atoms with E-state index in [0.29, 0.717) is 0 Å². The van der Waals surface area contributed by atoms with E-state index >= 15 is 0 Å². The van der Waals surface area contributed by atoms with Gasteiger partial charge in [-0.3, -0.25) is 0 Å². The van der Waals surface area contributed by atoms with E-state index in [4.69, 9.17) is 9.84 Å². The van der Waals surface area contributed by atoms with Crippen LogP contribution in [0.5, 0.6) is 5.75 Å². The quantitative estimate of drug-likeness (QED) is 0.726. The second-order valence-electron chi connectivity index (χ2n) is 2.80. The lowest BCUT2D eigenvalue weighted by Crippen LogP contribution is -2.19. The van der Waals surface area contributed by atoms with E-state index in [0.717, 1.165) is 11.3 Å². The summed E-state index contributed by atoms with van der Waals surface area (Å²) in [5.74, 6) is 0.811. The molecule has 2 N–H and O–H groups in total. The van der Waals surface area contributed by atoms with Crippen LogP contribution >= 0.6 is 0 Å². The van der Waals surface area contributed by atoms with Crippen molar-refractivity contribution in [2.75, 3.05) is 20.8 Å². The third kappa shape index (κ3) is 2.44. The molecule has 1 atom stereocenters. The summed E-state index contributed by atoms with van der Waals surface area (Å²) >= 11 is 0. The van der Waals surface area contributed by atoms with Crippen molar-refractivity contribution in [2.45, 2.75) is 6.04 Å². The first-order valence-electron chi connectivity index (χ1n) is 4.24. The van der Waals surface area contributed by atoms with Crippen molar-refractivity contribution in [3.8, 4) is 5.75 Å². The Morgan fingerprint density at radius 2 is 2.31 bits per heavy atom. The van der Waals surface area contributed by atoms with Crippen LogP contribution in [-0.2, 0) is 0 Å². The van der Waals surface area contributed by atoms with Gasteiger partial charge in [-0.05, 0) is 24.7 Å². The predicted octanol–water partition coefficient (Wildman–Crippen LogP) is 0.948. The largest absolute Gasteiger partial charge is 0.497 e. The monoisotopic (exact) mass is 181 g/mol. The number of hydrogen-bond acceptors (Lipinski definition) is 3. The molecule has 0 spiro atoms. The van der Waals surface area contributed by atoms with E-state index in [9.17, 15) is 0 Å². The Morgan fingerprint density at radius 1 is 1.54 bits per heavy atom. The third-order valence-corrected chi connectivity index (χ3v) is 2.03. The van der Waals surface area contributed by atoms with Gasteiger partial charge in [0.1, 0.15) is 5.75 Å². The molecule has 0 saturated carbocycles. The maximum Gasteiger partial charge on any atom is 0.119 e. The number of rotatable bonds is 4. The normalized spacial score (nSPS) is 12.5. The lowest BCUT2D eigenvalue weighted by molar-refractivity contribution is 0.250. The number of aliphatic hydroxyl groups is 1. The number of benzene rings is 1. The molecule has 0 aliphatic carbocycles. The van der Waals surface area contributed by atoms with Crippen molar-refractivity contribution in [3.05, 3.63) is 29.8 Å². The molecule has 0 amide bonds. The highest BCUT2D eigenvalue weighted by atomic mass is 16.5. The number of ether oxygens (including phenoxy) is 1. The topological polar surface area (TPSA) is 41.5 Å². The number of likely N-dealkylation sites (N-methyl/N-ethyl adjacent to an activating group) is 1. The van der Waals surface area contributed by atoms with Crippen molar-refractivity contribution in [2.24, 2.45) is 0 Å². The van der Waals surface area contributed by atoms with Crippen LogP contribution in [0.2, 0.25) is 0 Å². The zero-order chi connectivity index (χ0) is 9.68. The highest BCUT2D eigenvalue weighted by molar-refractivity contribution is 5.30. The van der Waals surface area contributed by atoms with Crippen LogP contribution in [0, 0.1) is 0 Å². The SMILES string of the molecule is CN[C@H](CO)c1cccc(OC)c1. The van der Waals surface area contributed by atoms with Gasteiger partial charge in [0.25, 0.3) is 0 Å². The minimum absolute atomic E-state index is 0.0184. The second-order valence-corrected chi connectivity index (χ2v) is 2.80. The minimum atomic E-state index is -0.0184. The van der Waals surface area contributed by atoms with Gasteiger partial charge in [-0.15, -0.1) is 0 Å². The maximum absolute atomic E-state index is 9.04. The number of nitrogens with one attached hydrogen (secondary N) is 1. The standard InChI is InChI=1S/C10H15NO2/c1-11-10(7-12)8-4-3-5-9(6-8)13-2/h3-6,10-12H,7H2,1-2H3/t10-/m1/s1. The summed E-state index contributed by atoms with van der Waals surface area (Å²) in [5, 5.41) is 12.1. The Bertz CT molecular complexity index is 259. The lowest BCUT2D eigenvalue weighted by atomic mass is 10.1. The van der Waals surface area contributed by atoms with Crippen LogP contribution < -0.4 is 10.1 Å². The van der Waals surface area contributed by atoms with Gasteiger partial charge in [0.15, 0.2) is 0 Å². The smallest absolute Gasteiger partial charge is 0.119 e. The molecule has 1 aromatic rings. The van der Waals surface area contributed by atoms with Crippen molar-refractivity contribution in [1.29, 1.82) is 0 Å². The first-order valence-corrected chi connectivity index (χ1v) is 4.24. The van der Waals surface area contributed by atoms with Gasteiger partial charge in [0.05, 0.1) is 19.8 Å². The van der Waals surface area contributed by atoms with Crippen molar-refractivity contribution < 1.29 is 9.84 Å². The highest BCUT2D eigenvalue weighted by Gasteiger charge is 2.07. The zero-order valence-electron chi connectivity index (χ0n) is 7.95. The lowest BCUT2D eigenvalue weighted by Gasteiger charge is -2.13. The fourth-order valence-electron chi connectivity index (χ4n) is 1.22. The molecule has 0 aliphatic rings. The molecule has 0 heterocycles. The molecule has 3 heteroatoms. The summed E-state index contributed by atoms with van der Waals surface area (Å²) in [5.41, 5.74) is 1.03. The number of methoxy groups -OCH3 is 1. The Hall–Kier alpha value is -1.06. The van der Waals surface area contributed by atoms with Gasteiger partial charge in [-0.1, -0.05) is 12.1 Å². The molecular weight excluding hydrogens is 166 g/mol. The molecule has 1 rings (SSSR count). The van der Waals surface area contributed by atoms with Gasteiger partial charge < -0.3 is 15.2 Å². The first-order chi connectivity index (χ1) is 6.31. The molecule has 13 heavy (non-hydrogen) atoms. The third-order valence-electron chi connectivity index (χ3n) is 2.03. The van der Waals surface area contributed by atoms with E-state index in [1.165, 1.54) is 0 Å². The first kappa shape index (κ1) is 10.0. The molecule has 0 radical (unpaired) electrons. The fraction of sp³-hybridized carbons (Fsp3) is 0.400. The van der Waals surface area contributed by atoms with Gasteiger partial charge in [-0.2, -0.15) is 0 Å². The average molecular weight is 181 g/mol. The van der Waals surface area contributed by atoms with Gasteiger partial charge in [0, 0.05) is 0 Å². The van der Waals surface area contributed by atoms with Gasteiger partial charge in [0.2, 0.25) is 0 Å². The fourth-order valence-corrected chi connectivity index (χ4v) is 1.22. The Labute approximate surface area is 78.3 Å². The van der Waals surface area contributed by atoms with Crippen LogP contribution in [-0.4, -0.2) is 25.9 Å². The van der Waals surface area contributed by atoms with Crippen LogP contribution in [0.25, 0.3) is 0 Å². The molecule has 0 fully saturated rings. The Morgan fingerprint density at radius 3 is 2.85 bits per heavy atom. The Balaban J connectivity index is 2.86. The molecule has 72 valence electrons. The molecular formula is C10H15NO2. The maximum atomic E-state index is 9.04. The van der Waals surface area contributed by atoms with E-state index in [1.807, 2.05) is 31.3 Å². The molecule has 0 unspecified atom stereocenters. The molecule has 0 bridgehead atoms. The van der Waals surface area contributed by atoms with Crippen molar-refractivity contribution >= 4 is 0 Å². The number of hydrogen-bond donors (Lipinski definition) is 2. The van der Waals surface area contributed by atoms with Gasteiger partial charge >= 0.3 is 0 Å². The van der Waals surface area contributed by atoms with Crippen molar-refractivity contribution in [1.82, 2.24) is 5.32 Å². The Kier molecular flexibility index (Phi) is 3.73. The summed E-state index contributed by atoms with van der Waals surface area (Å²) < 4.78 is 5.08. The van der Waals surface area contributed by atoms with Crippen LogP contribution in [0.15, 0.2) is 24.3 Å². The van der Waals surface area contributed by atoms with E-state index < -0.39 is 0 Å². The predicted molar refractivity (Wildman–Crippen MR) is 51.9 cm³/mol. The summed E-state index contributed by atoms with van der Waals surface area (Å²) in [7, 11) is 3.45.